The van der Waals surface area contributed by atoms with Crippen molar-refractivity contribution < 1.29 is 24.6 Å². The number of carboxylic acid groups (broad SMARTS) is 1. The highest BCUT2D eigenvalue weighted by Gasteiger charge is 2.24. The second-order valence-corrected chi connectivity index (χ2v) is 6.87. The second kappa shape index (κ2) is 10.3. The Bertz CT molecular complexity index is 768. The van der Waals surface area contributed by atoms with Gasteiger partial charge in [-0.05, 0) is 50.3 Å². The molecular formula is C21H26N2O5. The molecule has 28 heavy (non-hydrogen) atoms. The van der Waals surface area contributed by atoms with E-state index in [1.54, 1.807) is 24.3 Å². The van der Waals surface area contributed by atoms with Gasteiger partial charge in [0.2, 0.25) is 11.8 Å². The number of phenolic OH excluding ortho intramolecular Hbond substituents is 1. The number of phenols is 1. The number of carboxylic acids is 1. The summed E-state index contributed by atoms with van der Waals surface area (Å²) in [7, 11) is 0. The van der Waals surface area contributed by atoms with Crippen molar-refractivity contribution in [1.82, 2.24) is 10.6 Å². The molecule has 2 amide bonds. The zero-order chi connectivity index (χ0) is 20.5. The third kappa shape index (κ3) is 6.90. The average molecular weight is 386 g/mol. The molecule has 0 saturated heterocycles. The minimum Gasteiger partial charge on any atom is -0.508 e. The molecule has 0 aromatic heterocycles. The zero-order valence-electron chi connectivity index (χ0n) is 15.9. The Morgan fingerprint density at radius 3 is 2.46 bits per heavy atom. The van der Waals surface area contributed by atoms with Gasteiger partial charge in [-0.15, -0.1) is 0 Å². The van der Waals surface area contributed by atoms with Crippen molar-refractivity contribution in [2.45, 2.75) is 51.1 Å². The highest BCUT2D eigenvalue weighted by molar-refractivity contribution is 5.90. The average Bonchev–Trinajstić information content (AvgIpc) is 3.15. The molecule has 0 fully saturated rings. The van der Waals surface area contributed by atoms with Crippen molar-refractivity contribution in [3.63, 3.8) is 0 Å². The van der Waals surface area contributed by atoms with Crippen LogP contribution in [0.1, 0.15) is 38.2 Å². The molecule has 7 nitrogen and oxygen atoms in total. The van der Waals surface area contributed by atoms with Gasteiger partial charge in [-0.3, -0.25) is 9.59 Å². The predicted octanol–water partition coefficient (Wildman–Crippen LogP) is 2.07. The first-order valence-corrected chi connectivity index (χ1v) is 9.30. The standard InChI is InChI=1S/C21H26N2O5/c1-14(20(26)23-18(21(27)28)13-16-5-2-3-6-16)22-19(25)8-4-7-15-9-11-17(24)12-10-15/h2-3,5,9-12,14,18,24H,4,6-8,13H2,1H3,(H,22,25)(H,23,26)(H,27,28). The summed E-state index contributed by atoms with van der Waals surface area (Å²) in [5.41, 5.74) is 1.95. The molecule has 150 valence electrons. The van der Waals surface area contributed by atoms with E-state index in [4.69, 9.17) is 0 Å². The van der Waals surface area contributed by atoms with Gasteiger partial charge in [0.15, 0.2) is 0 Å². The number of nitrogens with one attached hydrogen (secondary N) is 2. The molecule has 1 aromatic rings. The van der Waals surface area contributed by atoms with Crippen LogP contribution in [0.5, 0.6) is 5.75 Å². The number of rotatable bonds is 10. The fourth-order valence-corrected chi connectivity index (χ4v) is 2.90. The van der Waals surface area contributed by atoms with Gasteiger partial charge in [0.05, 0.1) is 0 Å². The number of aryl methyl sites for hydroxylation is 1. The summed E-state index contributed by atoms with van der Waals surface area (Å²) in [6, 6.07) is 4.94. The van der Waals surface area contributed by atoms with E-state index in [1.807, 2.05) is 18.2 Å². The van der Waals surface area contributed by atoms with E-state index < -0.39 is 24.0 Å². The number of amides is 2. The topological polar surface area (TPSA) is 116 Å². The summed E-state index contributed by atoms with van der Waals surface area (Å²) >= 11 is 0. The van der Waals surface area contributed by atoms with Gasteiger partial charge in [0, 0.05) is 6.42 Å². The van der Waals surface area contributed by atoms with Crippen LogP contribution in [0.2, 0.25) is 0 Å². The maximum Gasteiger partial charge on any atom is 0.326 e. The number of aromatic hydroxyl groups is 1. The normalized spacial score (nSPS) is 14.8. The third-order valence-corrected chi connectivity index (χ3v) is 4.51. The smallest absolute Gasteiger partial charge is 0.326 e. The molecule has 1 aliphatic rings. The van der Waals surface area contributed by atoms with Crippen LogP contribution in [0.3, 0.4) is 0 Å². The lowest BCUT2D eigenvalue weighted by Crippen LogP contribution is -2.50. The monoisotopic (exact) mass is 386 g/mol. The summed E-state index contributed by atoms with van der Waals surface area (Å²) in [5.74, 6) is -1.70. The first-order chi connectivity index (χ1) is 13.3. The van der Waals surface area contributed by atoms with Crippen molar-refractivity contribution in [3.05, 3.63) is 53.6 Å². The van der Waals surface area contributed by atoms with Gasteiger partial charge in [-0.1, -0.05) is 35.9 Å². The van der Waals surface area contributed by atoms with Crippen molar-refractivity contribution in [2.75, 3.05) is 0 Å². The number of carbonyl (C=O) groups is 3. The van der Waals surface area contributed by atoms with Crippen LogP contribution in [-0.2, 0) is 20.8 Å². The van der Waals surface area contributed by atoms with Crippen molar-refractivity contribution >= 4 is 17.8 Å². The highest BCUT2D eigenvalue weighted by Crippen LogP contribution is 2.16. The first kappa shape index (κ1) is 21.2. The summed E-state index contributed by atoms with van der Waals surface area (Å²) in [6.07, 6.45) is 8.09. The lowest BCUT2D eigenvalue weighted by Gasteiger charge is -2.19. The number of hydrogen-bond acceptors (Lipinski definition) is 4. The molecule has 0 aliphatic heterocycles. The second-order valence-electron chi connectivity index (χ2n) is 6.87. The van der Waals surface area contributed by atoms with Gasteiger partial charge in [-0.25, -0.2) is 4.79 Å². The molecule has 4 N–H and O–H groups in total. The maximum absolute atomic E-state index is 12.2. The minimum atomic E-state index is -1.10. The third-order valence-electron chi connectivity index (χ3n) is 4.51. The van der Waals surface area contributed by atoms with E-state index in [-0.39, 0.29) is 24.5 Å². The quantitative estimate of drug-likeness (QED) is 0.491. The molecule has 7 heteroatoms. The van der Waals surface area contributed by atoms with Crippen LogP contribution in [-0.4, -0.2) is 40.1 Å². The van der Waals surface area contributed by atoms with Crippen LogP contribution < -0.4 is 10.6 Å². The predicted molar refractivity (Wildman–Crippen MR) is 105 cm³/mol. The van der Waals surface area contributed by atoms with Crippen LogP contribution in [0, 0.1) is 0 Å². The van der Waals surface area contributed by atoms with Gasteiger partial charge >= 0.3 is 5.97 Å². The number of aliphatic carboxylic acids is 1. The Hall–Kier alpha value is -3.09. The molecular weight excluding hydrogens is 360 g/mol. The van der Waals surface area contributed by atoms with E-state index in [2.05, 4.69) is 10.6 Å². The Balaban J connectivity index is 1.74. The van der Waals surface area contributed by atoms with E-state index >= 15 is 0 Å². The Morgan fingerprint density at radius 1 is 1.14 bits per heavy atom. The summed E-state index contributed by atoms with van der Waals surface area (Å²) < 4.78 is 0. The maximum atomic E-state index is 12.2. The fourth-order valence-electron chi connectivity index (χ4n) is 2.90. The van der Waals surface area contributed by atoms with E-state index in [0.29, 0.717) is 19.3 Å². The van der Waals surface area contributed by atoms with Crippen molar-refractivity contribution in [3.8, 4) is 5.75 Å². The van der Waals surface area contributed by atoms with Crippen LogP contribution in [0.25, 0.3) is 0 Å². The molecule has 2 unspecified atom stereocenters. The first-order valence-electron chi connectivity index (χ1n) is 9.30. The summed E-state index contributed by atoms with van der Waals surface area (Å²) in [4.78, 5) is 35.7. The van der Waals surface area contributed by atoms with Gasteiger partial charge in [-0.2, -0.15) is 0 Å². The molecule has 0 bridgehead atoms. The van der Waals surface area contributed by atoms with Crippen LogP contribution >= 0.6 is 0 Å². The fraction of sp³-hybridized carbons (Fsp3) is 0.381. The van der Waals surface area contributed by atoms with Gasteiger partial charge in [0.1, 0.15) is 17.8 Å². The van der Waals surface area contributed by atoms with Crippen molar-refractivity contribution in [2.24, 2.45) is 0 Å². The lowest BCUT2D eigenvalue weighted by molar-refractivity contribution is -0.142. The molecule has 2 rings (SSSR count). The summed E-state index contributed by atoms with van der Waals surface area (Å²) in [6.45, 7) is 1.53. The van der Waals surface area contributed by atoms with E-state index in [0.717, 1.165) is 11.1 Å². The molecule has 2 atom stereocenters. The molecule has 1 aromatic carbocycles. The lowest BCUT2D eigenvalue weighted by atomic mass is 10.1. The number of benzene rings is 1. The highest BCUT2D eigenvalue weighted by atomic mass is 16.4. The largest absolute Gasteiger partial charge is 0.508 e. The van der Waals surface area contributed by atoms with Gasteiger partial charge in [0.25, 0.3) is 0 Å². The minimum absolute atomic E-state index is 0.196. The Morgan fingerprint density at radius 2 is 1.86 bits per heavy atom. The molecule has 0 spiro atoms. The SMILES string of the molecule is CC(NC(=O)CCCc1ccc(O)cc1)C(=O)NC(CC1=CC=CC1)C(=O)O. The van der Waals surface area contributed by atoms with Crippen LogP contribution in [0.4, 0.5) is 0 Å². The van der Waals surface area contributed by atoms with E-state index in [9.17, 15) is 24.6 Å². The Kier molecular flexibility index (Phi) is 7.80. The van der Waals surface area contributed by atoms with Gasteiger partial charge < -0.3 is 20.8 Å². The number of allylic oxidation sites excluding steroid dienone is 3. The number of hydrogen-bond donors (Lipinski definition) is 4. The molecule has 1 aliphatic carbocycles. The van der Waals surface area contributed by atoms with E-state index in [1.165, 1.54) is 6.92 Å². The molecule has 0 heterocycles. The molecule has 0 radical (unpaired) electrons. The number of carbonyl (C=O) groups excluding carboxylic acids is 2. The zero-order valence-corrected chi connectivity index (χ0v) is 15.9. The van der Waals surface area contributed by atoms with Crippen molar-refractivity contribution in [1.29, 1.82) is 0 Å². The van der Waals surface area contributed by atoms with Crippen LogP contribution in [0.15, 0.2) is 48.1 Å². The molecule has 0 saturated carbocycles. The summed E-state index contributed by atoms with van der Waals surface area (Å²) in [5, 5.41) is 23.7. The Labute approximate surface area is 164 Å².